The van der Waals surface area contributed by atoms with Crippen LogP contribution in [0.25, 0.3) is 55.3 Å². The van der Waals surface area contributed by atoms with Gasteiger partial charge in [0.25, 0.3) is 0 Å². The molecule has 0 saturated heterocycles. The minimum atomic E-state index is 0.0960. The number of hydrogen-bond acceptors (Lipinski definition) is 2. The average Bonchev–Trinajstić information content (AvgIpc) is 3.74. The van der Waals surface area contributed by atoms with Gasteiger partial charge in [0, 0.05) is 38.7 Å². The molecule has 7 aromatic carbocycles. The molecule has 0 amide bonds. The maximum absolute atomic E-state index is 6.56. The fourth-order valence-electron chi connectivity index (χ4n) is 12.0. The highest BCUT2D eigenvalue weighted by atomic mass is 16.3. The summed E-state index contributed by atoms with van der Waals surface area (Å²) in [5, 5.41) is 2.31. The highest BCUT2D eigenvalue weighted by molar-refractivity contribution is 6.09. The molecule has 0 unspecified atom stereocenters. The number of nitrogens with zero attached hydrogens (tertiary/aromatic N) is 1. The zero-order valence-electron chi connectivity index (χ0n) is 30.3. The van der Waals surface area contributed by atoms with Crippen LogP contribution in [-0.4, -0.2) is 0 Å². The number of fused-ring (bicyclic) bond motifs is 6. The van der Waals surface area contributed by atoms with Crippen molar-refractivity contribution in [3.63, 3.8) is 0 Å². The molecule has 0 N–H and O–H groups in total. The second kappa shape index (κ2) is 11.6. The van der Waals surface area contributed by atoms with Crippen LogP contribution < -0.4 is 4.90 Å². The molecule has 2 heteroatoms. The molecule has 4 fully saturated rings. The Kier molecular flexibility index (Phi) is 6.55. The summed E-state index contributed by atoms with van der Waals surface area (Å²) in [4.78, 5) is 2.53. The lowest BCUT2D eigenvalue weighted by atomic mass is 9.43. The Bertz CT molecular complexity index is 2730. The zero-order chi connectivity index (χ0) is 35.4. The minimum Gasteiger partial charge on any atom is -0.455 e. The van der Waals surface area contributed by atoms with Gasteiger partial charge in [0.2, 0.25) is 0 Å². The molecule has 8 aromatic rings. The highest BCUT2D eigenvalue weighted by Gasteiger charge is 2.61. The van der Waals surface area contributed by atoms with Crippen molar-refractivity contribution in [1.29, 1.82) is 0 Å². The van der Waals surface area contributed by atoms with Gasteiger partial charge < -0.3 is 9.32 Å². The van der Waals surface area contributed by atoms with Crippen molar-refractivity contribution < 1.29 is 4.42 Å². The minimum absolute atomic E-state index is 0.0960. The predicted octanol–water partition coefficient (Wildman–Crippen LogP) is 14.1. The standard InChI is InChI=1S/C52H41NO/c1-2-12-35(13-3-1)41-16-5-8-22-49(41)53(39-15-10-14-36(31-39)42-19-11-20-46-45-18-6-9-23-50(45)54-51(42)46)40-24-25-44-43-17-4-7-21-47(43)52(48(44)32-40)37-27-33-26-34(29-37)30-38(52)28-33/h1-25,31-34,37-38H,26-30H2/t33-,34?,37-,38-,52?/m1/s1. The summed E-state index contributed by atoms with van der Waals surface area (Å²) in [6.45, 7) is 0. The molecular weight excluding hydrogens is 655 g/mol. The van der Waals surface area contributed by atoms with Crippen LogP contribution in [0.4, 0.5) is 17.1 Å². The fraction of sp³-hybridized carbons (Fsp3) is 0.192. The van der Waals surface area contributed by atoms with E-state index in [2.05, 4.69) is 169 Å². The second-order valence-corrected chi connectivity index (χ2v) is 16.5. The van der Waals surface area contributed by atoms with Crippen molar-refractivity contribution in [2.75, 3.05) is 4.90 Å². The van der Waals surface area contributed by atoms with Crippen LogP contribution in [0.15, 0.2) is 168 Å². The van der Waals surface area contributed by atoms with Crippen LogP contribution >= 0.6 is 0 Å². The number of furan rings is 1. The quantitative estimate of drug-likeness (QED) is 0.178. The Morgan fingerprint density at radius 2 is 1.07 bits per heavy atom. The first-order chi connectivity index (χ1) is 26.7. The summed E-state index contributed by atoms with van der Waals surface area (Å²) >= 11 is 0. The molecule has 260 valence electrons. The van der Waals surface area contributed by atoms with Gasteiger partial charge in [-0.25, -0.2) is 0 Å². The van der Waals surface area contributed by atoms with Gasteiger partial charge in [-0.15, -0.1) is 0 Å². The number of anilines is 3. The van der Waals surface area contributed by atoms with Crippen LogP contribution in [0.5, 0.6) is 0 Å². The van der Waals surface area contributed by atoms with E-state index in [1.807, 2.05) is 0 Å². The van der Waals surface area contributed by atoms with Gasteiger partial charge in [-0.1, -0.05) is 127 Å². The highest BCUT2D eigenvalue weighted by Crippen LogP contribution is 2.69. The Hall–Kier alpha value is -5.86. The van der Waals surface area contributed by atoms with Crippen molar-refractivity contribution in [3.05, 3.63) is 175 Å². The molecule has 0 atom stereocenters. The molecule has 2 nitrogen and oxygen atoms in total. The molecule has 4 saturated carbocycles. The Morgan fingerprint density at radius 3 is 1.93 bits per heavy atom. The summed E-state index contributed by atoms with van der Waals surface area (Å²) < 4.78 is 6.56. The van der Waals surface area contributed by atoms with Gasteiger partial charge >= 0.3 is 0 Å². The number of para-hydroxylation sites is 3. The fourth-order valence-corrected chi connectivity index (χ4v) is 12.0. The number of rotatable bonds is 5. The van der Waals surface area contributed by atoms with E-state index in [-0.39, 0.29) is 5.41 Å². The maximum atomic E-state index is 6.56. The van der Waals surface area contributed by atoms with E-state index < -0.39 is 0 Å². The first-order valence-electron chi connectivity index (χ1n) is 19.9. The van der Waals surface area contributed by atoms with Crippen LogP contribution in [0, 0.1) is 23.7 Å². The molecule has 0 radical (unpaired) electrons. The maximum Gasteiger partial charge on any atom is 0.143 e. The number of hydrogen-bond donors (Lipinski definition) is 0. The molecule has 1 spiro atoms. The van der Waals surface area contributed by atoms with E-state index in [0.29, 0.717) is 11.8 Å². The smallest absolute Gasteiger partial charge is 0.143 e. The van der Waals surface area contributed by atoms with Crippen LogP contribution in [-0.2, 0) is 5.41 Å². The Labute approximate surface area is 316 Å². The third-order valence-corrected chi connectivity index (χ3v) is 13.8. The first kappa shape index (κ1) is 30.6. The Morgan fingerprint density at radius 1 is 0.444 bits per heavy atom. The van der Waals surface area contributed by atoms with E-state index in [1.165, 1.54) is 65.7 Å². The van der Waals surface area contributed by atoms with Gasteiger partial charge in [-0.05, 0) is 126 Å². The molecule has 1 aromatic heterocycles. The van der Waals surface area contributed by atoms with Crippen LogP contribution in [0.2, 0.25) is 0 Å². The molecule has 13 rings (SSSR count). The summed E-state index contributed by atoms with van der Waals surface area (Å²) in [6, 6.07) is 60.7. The second-order valence-electron chi connectivity index (χ2n) is 16.5. The van der Waals surface area contributed by atoms with Gasteiger partial charge in [-0.2, -0.15) is 0 Å². The van der Waals surface area contributed by atoms with Gasteiger partial charge in [0.05, 0.1) is 5.69 Å². The van der Waals surface area contributed by atoms with Gasteiger partial charge in [-0.3, -0.25) is 0 Å². The first-order valence-corrected chi connectivity index (χ1v) is 19.9. The van der Waals surface area contributed by atoms with Crippen molar-refractivity contribution in [2.24, 2.45) is 23.7 Å². The van der Waals surface area contributed by atoms with E-state index in [0.717, 1.165) is 50.6 Å². The monoisotopic (exact) mass is 695 g/mol. The largest absolute Gasteiger partial charge is 0.455 e. The zero-order valence-corrected chi connectivity index (χ0v) is 30.3. The molecule has 54 heavy (non-hydrogen) atoms. The predicted molar refractivity (Wildman–Crippen MR) is 223 cm³/mol. The van der Waals surface area contributed by atoms with Gasteiger partial charge in [0.15, 0.2) is 0 Å². The third-order valence-electron chi connectivity index (χ3n) is 13.8. The summed E-state index contributed by atoms with van der Waals surface area (Å²) in [7, 11) is 0. The van der Waals surface area contributed by atoms with E-state index in [4.69, 9.17) is 4.42 Å². The summed E-state index contributed by atoms with van der Waals surface area (Å²) in [5.41, 5.74) is 16.3. The van der Waals surface area contributed by atoms with Crippen molar-refractivity contribution in [1.82, 2.24) is 0 Å². The normalized spacial score (nSPS) is 23.3. The van der Waals surface area contributed by atoms with E-state index >= 15 is 0 Å². The average molecular weight is 696 g/mol. The third kappa shape index (κ3) is 4.28. The molecule has 0 aliphatic heterocycles. The molecular formula is C52H41NO. The molecule has 1 heterocycles. The van der Waals surface area contributed by atoms with Crippen molar-refractivity contribution >= 4 is 39.0 Å². The molecule has 5 aliphatic carbocycles. The van der Waals surface area contributed by atoms with Crippen LogP contribution in [0.1, 0.15) is 43.2 Å². The topological polar surface area (TPSA) is 16.4 Å². The summed E-state index contributed by atoms with van der Waals surface area (Å²) in [5.74, 6) is 3.24. The van der Waals surface area contributed by atoms with Crippen molar-refractivity contribution in [2.45, 2.75) is 37.5 Å². The van der Waals surface area contributed by atoms with E-state index in [9.17, 15) is 0 Å². The summed E-state index contributed by atoms with van der Waals surface area (Å²) in [6.07, 6.45) is 6.96. The lowest BCUT2D eigenvalue weighted by Crippen LogP contribution is -2.55. The van der Waals surface area contributed by atoms with Gasteiger partial charge in [0.1, 0.15) is 11.2 Å². The molecule has 5 aliphatic rings. The van der Waals surface area contributed by atoms with E-state index in [1.54, 1.807) is 11.1 Å². The Balaban J connectivity index is 1.08. The van der Waals surface area contributed by atoms with Crippen molar-refractivity contribution in [3.8, 4) is 33.4 Å². The number of benzene rings is 7. The van der Waals surface area contributed by atoms with Crippen LogP contribution in [0.3, 0.4) is 0 Å². The lowest BCUT2D eigenvalue weighted by Gasteiger charge is -2.61. The SMILES string of the molecule is c1ccc(-c2ccccc2N(c2cccc(-c3cccc4c3oc3ccccc34)c2)c2ccc3c(c2)C2(c4ccccc4-3)[C@H]3CC4C[C@H](C3)C[C@@H]2C4)cc1. The molecule has 4 bridgehead atoms. The lowest BCUT2D eigenvalue weighted by molar-refractivity contribution is -0.0399.